The van der Waals surface area contributed by atoms with E-state index >= 15 is 0 Å². The number of amides is 1. The minimum atomic E-state index is 0.0796. The Balaban J connectivity index is 1.47. The van der Waals surface area contributed by atoms with Gasteiger partial charge in [-0.15, -0.1) is 0 Å². The van der Waals surface area contributed by atoms with Gasteiger partial charge >= 0.3 is 0 Å². The predicted octanol–water partition coefficient (Wildman–Crippen LogP) is 3.78. The van der Waals surface area contributed by atoms with Crippen LogP contribution < -0.4 is 5.32 Å². The second-order valence-corrected chi connectivity index (χ2v) is 6.58. The molecule has 0 aliphatic rings. The number of nitrogens with zero attached hydrogens (tertiary/aromatic N) is 2. The van der Waals surface area contributed by atoms with E-state index in [0.717, 1.165) is 35.3 Å². The maximum Gasteiger partial charge on any atom is 0.224 e. The molecule has 0 bridgehead atoms. The first-order chi connectivity index (χ1) is 12.6. The molecule has 0 saturated heterocycles. The van der Waals surface area contributed by atoms with Crippen LogP contribution in [0.3, 0.4) is 0 Å². The Bertz CT molecular complexity index is 868. The van der Waals surface area contributed by atoms with E-state index in [1.54, 1.807) is 0 Å². The molecule has 1 N–H and O–H groups in total. The fourth-order valence-corrected chi connectivity index (χ4v) is 3.00. The normalized spacial score (nSPS) is 10.7. The van der Waals surface area contributed by atoms with E-state index < -0.39 is 0 Å². The topological polar surface area (TPSA) is 46.9 Å². The van der Waals surface area contributed by atoms with E-state index in [1.807, 2.05) is 73.1 Å². The maximum atomic E-state index is 12.1. The van der Waals surface area contributed by atoms with Crippen LogP contribution in [0.15, 0.2) is 60.8 Å². The summed E-state index contributed by atoms with van der Waals surface area (Å²) in [5.41, 5.74) is 5.58. The maximum absolute atomic E-state index is 12.1. The Hall–Kier alpha value is -2.88. The third-order valence-corrected chi connectivity index (χ3v) is 4.58. The van der Waals surface area contributed by atoms with Gasteiger partial charge < -0.3 is 5.32 Å². The molecule has 26 heavy (non-hydrogen) atoms. The van der Waals surface area contributed by atoms with Crippen molar-refractivity contribution in [2.45, 2.75) is 33.1 Å². The Morgan fingerprint density at radius 1 is 1.00 bits per heavy atom. The van der Waals surface area contributed by atoms with Crippen molar-refractivity contribution in [1.82, 2.24) is 15.1 Å². The summed E-state index contributed by atoms with van der Waals surface area (Å²) in [5, 5.41) is 7.61. The monoisotopic (exact) mass is 347 g/mol. The molecule has 0 atom stereocenters. The third-order valence-electron chi connectivity index (χ3n) is 4.58. The van der Waals surface area contributed by atoms with Gasteiger partial charge in [0.25, 0.3) is 0 Å². The Labute approximate surface area is 154 Å². The minimum Gasteiger partial charge on any atom is -0.356 e. The standard InChI is InChI=1S/C22H25N3O/c1-17-9-6-7-10-19(17)15-22(26)23-14-8-11-20-16-25(24-18(20)2)21-12-4-3-5-13-21/h3-7,9-10,12-13,16H,8,11,14-15H2,1-2H3,(H,23,26). The van der Waals surface area contributed by atoms with Crippen LogP contribution in [0.5, 0.6) is 0 Å². The number of rotatable bonds is 7. The van der Waals surface area contributed by atoms with Crippen LogP contribution in [0.4, 0.5) is 0 Å². The van der Waals surface area contributed by atoms with Gasteiger partial charge in [-0.05, 0) is 55.5 Å². The van der Waals surface area contributed by atoms with Crippen molar-refractivity contribution in [3.05, 3.63) is 83.2 Å². The number of nitrogens with one attached hydrogen (secondary N) is 1. The molecule has 4 heteroatoms. The molecule has 0 aliphatic heterocycles. The second-order valence-electron chi connectivity index (χ2n) is 6.58. The van der Waals surface area contributed by atoms with Crippen LogP contribution in [0.1, 0.15) is 28.8 Å². The van der Waals surface area contributed by atoms with Gasteiger partial charge in [0.1, 0.15) is 0 Å². The summed E-state index contributed by atoms with van der Waals surface area (Å²) in [5.74, 6) is 0.0796. The third kappa shape index (κ3) is 4.60. The Morgan fingerprint density at radius 3 is 2.50 bits per heavy atom. The average molecular weight is 347 g/mol. The van der Waals surface area contributed by atoms with E-state index in [0.29, 0.717) is 13.0 Å². The van der Waals surface area contributed by atoms with Crippen molar-refractivity contribution in [2.75, 3.05) is 6.54 Å². The smallest absolute Gasteiger partial charge is 0.224 e. The Kier molecular flexibility index (Phi) is 5.84. The number of aryl methyl sites for hydroxylation is 3. The van der Waals surface area contributed by atoms with E-state index in [9.17, 15) is 4.79 Å². The lowest BCUT2D eigenvalue weighted by molar-refractivity contribution is -0.120. The highest BCUT2D eigenvalue weighted by Gasteiger charge is 2.08. The highest BCUT2D eigenvalue weighted by molar-refractivity contribution is 5.78. The van der Waals surface area contributed by atoms with Crippen molar-refractivity contribution in [2.24, 2.45) is 0 Å². The van der Waals surface area contributed by atoms with Gasteiger partial charge in [-0.1, -0.05) is 42.5 Å². The van der Waals surface area contributed by atoms with E-state index in [2.05, 4.69) is 16.6 Å². The highest BCUT2D eigenvalue weighted by atomic mass is 16.1. The van der Waals surface area contributed by atoms with Gasteiger partial charge in [0, 0.05) is 12.7 Å². The molecule has 1 aromatic heterocycles. The number of carbonyl (C=O) groups excluding carboxylic acids is 1. The number of para-hydroxylation sites is 1. The fourth-order valence-electron chi connectivity index (χ4n) is 3.00. The summed E-state index contributed by atoms with van der Waals surface area (Å²) in [4.78, 5) is 12.1. The summed E-state index contributed by atoms with van der Waals surface area (Å²) in [6.07, 6.45) is 4.33. The molecule has 1 heterocycles. The van der Waals surface area contributed by atoms with Gasteiger partial charge in [0.15, 0.2) is 0 Å². The van der Waals surface area contributed by atoms with Crippen LogP contribution in [0.2, 0.25) is 0 Å². The molecule has 4 nitrogen and oxygen atoms in total. The molecule has 0 fully saturated rings. The zero-order valence-electron chi connectivity index (χ0n) is 15.4. The van der Waals surface area contributed by atoms with E-state index in [4.69, 9.17) is 0 Å². The summed E-state index contributed by atoms with van der Waals surface area (Å²) in [7, 11) is 0. The molecule has 0 unspecified atom stereocenters. The first-order valence-electron chi connectivity index (χ1n) is 9.05. The highest BCUT2D eigenvalue weighted by Crippen LogP contribution is 2.13. The van der Waals surface area contributed by atoms with Crippen molar-refractivity contribution in [3.8, 4) is 5.69 Å². The lowest BCUT2D eigenvalue weighted by Gasteiger charge is -2.07. The van der Waals surface area contributed by atoms with Gasteiger partial charge in [-0.25, -0.2) is 4.68 Å². The molecule has 0 spiro atoms. The van der Waals surface area contributed by atoms with E-state index in [1.165, 1.54) is 5.56 Å². The zero-order chi connectivity index (χ0) is 18.4. The van der Waals surface area contributed by atoms with Gasteiger partial charge in [0.05, 0.1) is 17.8 Å². The summed E-state index contributed by atoms with van der Waals surface area (Å²) < 4.78 is 1.92. The first kappa shape index (κ1) is 17.9. The fraction of sp³-hybridized carbons (Fsp3) is 0.273. The van der Waals surface area contributed by atoms with Gasteiger partial charge in [-0.2, -0.15) is 5.10 Å². The average Bonchev–Trinajstić information content (AvgIpc) is 3.02. The second kappa shape index (κ2) is 8.48. The zero-order valence-corrected chi connectivity index (χ0v) is 15.4. The minimum absolute atomic E-state index is 0.0796. The number of aromatic nitrogens is 2. The number of carbonyl (C=O) groups is 1. The molecule has 134 valence electrons. The van der Waals surface area contributed by atoms with Crippen LogP contribution in [-0.4, -0.2) is 22.2 Å². The van der Waals surface area contributed by atoms with Crippen LogP contribution in [-0.2, 0) is 17.6 Å². The lowest BCUT2D eigenvalue weighted by Crippen LogP contribution is -2.26. The van der Waals surface area contributed by atoms with Gasteiger partial charge in [0.2, 0.25) is 5.91 Å². The molecule has 0 radical (unpaired) electrons. The van der Waals surface area contributed by atoms with E-state index in [-0.39, 0.29) is 5.91 Å². The molecule has 1 amide bonds. The van der Waals surface area contributed by atoms with Crippen LogP contribution in [0.25, 0.3) is 5.69 Å². The predicted molar refractivity (Wildman–Crippen MR) is 105 cm³/mol. The summed E-state index contributed by atoms with van der Waals surface area (Å²) in [6, 6.07) is 18.1. The largest absolute Gasteiger partial charge is 0.356 e. The van der Waals surface area contributed by atoms with Gasteiger partial charge in [-0.3, -0.25) is 4.79 Å². The molecule has 2 aromatic carbocycles. The summed E-state index contributed by atoms with van der Waals surface area (Å²) >= 11 is 0. The Morgan fingerprint density at radius 2 is 1.73 bits per heavy atom. The number of hydrogen-bond acceptors (Lipinski definition) is 2. The molecule has 0 saturated carbocycles. The van der Waals surface area contributed by atoms with Crippen molar-refractivity contribution in [1.29, 1.82) is 0 Å². The quantitative estimate of drug-likeness (QED) is 0.661. The van der Waals surface area contributed by atoms with Crippen LogP contribution in [0, 0.1) is 13.8 Å². The van der Waals surface area contributed by atoms with Crippen molar-refractivity contribution in [3.63, 3.8) is 0 Å². The first-order valence-corrected chi connectivity index (χ1v) is 9.05. The summed E-state index contributed by atoms with van der Waals surface area (Å²) in [6.45, 7) is 4.75. The lowest BCUT2D eigenvalue weighted by atomic mass is 10.1. The number of benzene rings is 2. The van der Waals surface area contributed by atoms with Crippen LogP contribution >= 0.6 is 0 Å². The van der Waals surface area contributed by atoms with Crippen molar-refractivity contribution < 1.29 is 4.79 Å². The molecule has 3 aromatic rings. The molecule has 0 aliphatic carbocycles. The number of hydrogen-bond donors (Lipinski definition) is 1. The molecule has 3 rings (SSSR count). The van der Waals surface area contributed by atoms with Crippen molar-refractivity contribution >= 4 is 5.91 Å². The molecular formula is C22H25N3O. The SMILES string of the molecule is Cc1ccccc1CC(=O)NCCCc1cn(-c2ccccc2)nc1C. The molecular weight excluding hydrogens is 322 g/mol.